The molecule has 21 heavy (non-hydrogen) atoms. The second-order valence-electron chi connectivity index (χ2n) is 5.37. The first-order valence-corrected chi connectivity index (χ1v) is 8.50. The third-order valence-corrected chi connectivity index (χ3v) is 4.66. The second-order valence-corrected chi connectivity index (χ2v) is 6.14. The quantitative estimate of drug-likeness (QED) is 0.628. The van der Waals surface area contributed by atoms with E-state index >= 15 is 0 Å². The van der Waals surface area contributed by atoms with Crippen molar-refractivity contribution in [2.45, 2.75) is 24.2 Å². The number of hydrogen-bond acceptors (Lipinski definition) is 5. The number of ether oxygens (including phenoxy) is 1. The maximum Gasteiger partial charge on any atom is 0.187 e. The van der Waals surface area contributed by atoms with Crippen molar-refractivity contribution in [2.75, 3.05) is 19.3 Å². The average Bonchev–Trinajstić information content (AvgIpc) is 3.08. The zero-order valence-electron chi connectivity index (χ0n) is 12.0. The van der Waals surface area contributed by atoms with E-state index in [4.69, 9.17) is 9.72 Å². The highest BCUT2D eigenvalue weighted by Gasteiger charge is 2.33. The van der Waals surface area contributed by atoms with Crippen LogP contribution in [0.4, 0.5) is 0 Å². The Morgan fingerprint density at radius 2 is 2.05 bits per heavy atom. The van der Waals surface area contributed by atoms with E-state index in [1.54, 1.807) is 11.8 Å². The predicted octanol–water partition coefficient (Wildman–Crippen LogP) is 3.35. The summed E-state index contributed by atoms with van der Waals surface area (Å²) >= 11 is 1.57. The molecule has 4 rings (SSSR count). The zero-order chi connectivity index (χ0) is 14.2. The van der Waals surface area contributed by atoms with E-state index in [9.17, 15) is 0 Å². The number of fused-ring (bicyclic) bond motifs is 3. The van der Waals surface area contributed by atoms with Crippen LogP contribution in [0.15, 0.2) is 35.6 Å². The monoisotopic (exact) mass is 299 g/mol. The van der Waals surface area contributed by atoms with E-state index in [2.05, 4.69) is 16.0 Å². The van der Waals surface area contributed by atoms with Crippen LogP contribution in [0.3, 0.4) is 0 Å². The molecule has 1 atom stereocenters. The minimum Gasteiger partial charge on any atom is -0.470 e. The van der Waals surface area contributed by atoms with Crippen molar-refractivity contribution >= 4 is 11.8 Å². The first-order chi connectivity index (χ1) is 10.4. The molecule has 2 aromatic rings. The normalized spacial score (nSPS) is 20.7. The van der Waals surface area contributed by atoms with Gasteiger partial charge < -0.3 is 4.74 Å². The summed E-state index contributed by atoms with van der Waals surface area (Å²) in [6.07, 6.45) is 6.37. The summed E-state index contributed by atoms with van der Waals surface area (Å²) in [5.74, 6) is 0.924. The van der Waals surface area contributed by atoms with E-state index in [0.29, 0.717) is 0 Å². The summed E-state index contributed by atoms with van der Waals surface area (Å²) in [6, 6.07) is 8.15. The molecular weight excluding hydrogens is 282 g/mol. The van der Waals surface area contributed by atoms with Gasteiger partial charge in [-0.1, -0.05) is 23.9 Å². The summed E-state index contributed by atoms with van der Waals surface area (Å²) in [7, 11) is 0. The standard InChI is InChI=1S/C16H17N3OS/c1-21-16-17-10-12-14(18-16)11-6-2-3-7-13(11)20-15(12)19-8-4-5-9-19/h2-3,6-7,10,15H,4-5,8-9H2,1H3/t15-/m1/s1. The molecule has 1 fully saturated rings. The summed E-state index contributed by atoms with van der Waals surface area (Å²) < 4.78 is 6.25. The largest absolute Gasteiger partial charge is 0.470 e. The van der Waals surface area contributed by atoms with Crippen molar-refractivity contribution in [3.8, 4) is 17.0 Å². The highest BCUT2D eigenvalue weighted by atomic mass is 32.2. The molecule has 1 aromatic carbocycles. The summed E-state index contributed by atoms with van der Waals surface area (Å²) in [4.78, 5) is 11.6. The molecule has 0 saturated carbocycles. The number of aromatic nitrogens is 2. The number of likely N-dealkylation sites (tertiary alicyclic amines) is 1. The van der Waals surface area contributed by atoms with Crippen molar-refractivity contribution in [3.05, 3.63) is 36.0 Å². The Labute approximate surface area is 128 Å². The number of thioether (sulfide) groups is 1. The van der Waals surface area contributed by atoms with Crippen LogP contribution in [0, 0.1) is 0 Å². The fraction of sp³-hybridized carbons (Fsp3) is 0.375. The molecule has 2 aliphatic rings. The van der Waals surface area contributed by atoms with Crippen LogP contribution in [-0.4, -0.2) is 34.2 Å². The van der Waals surface area contributed by atoms with Gasteiger partial charge in [0.2, 0.25) is 0 Å². The lowest BCUT2D eigenvalue weighted by Crippen LogP contribution is -2.32. The molecule has 2 aliphatic heterocycles. The van der Waals surface area contributed by atoms with Crippen molar-refractivity contribution in [1.29, 1.82) is 0 Å². The summed E-state index contributed by atoms with van der Waals surface area (Å²) in [5, 5.41) is 0.811. The lowest BCUT2D eigenvalue weighted by atomic mass is 10.0. The molecule has 3 heterocycles. The molecule has 0 radical (unpaired) electrons. The molecule has 1 saturated heterocycles. The van der Waals surface area contributed by atoms with Gasteiger partial charge >= 0.3 is 0 Å². The van der Waals surface area contributed by atoms with E-state index in [1.807, 2.05) is 30.7 Å². The van der Waals surface area contributed by atoms with Crippen molar-refractivity contribution in [3.63, 3.8) is 0 Å². The predicted molar refractivity (Wildman–Crippen MR) is 83.4 cm³/mol. The molecule has 1 aromatic heterocycles. The molecule has 5 heteroatoms. The summed E-state index contributed by atoms with van der Waals surface area (Å²) in [6.45, 7) is 2.16. The van der Waals surface area contributed by atoms with Gasteiger partial charge in [0.1, 0.15) is 5.75 Å². The van der Waals surface area contributed by atoms with E-state index in [-0.39, 0.29) is 6.23 Å². The fourth-order valence-corrected chi connectivity index (χ4v) is 3.41. The Bertz CT molecular complexity index is 670. The van der Waals surface area contributed by atoms with Crippen LogP contribution >= 0.6 is 11.8 Å². The molecule has 0 bridgehead atoms. The van der Waals surface area contributed by atoms with Crippen molar-refractivity contribution < 1.29 is 4.74 Å². The van der Waals surface area contributed by atoms with E-state index in [0.717, 1.165) is 40.8 Å². The molecule has 4 nitrogen and oxygen atoms in total. The SMILES string of the molecule is CSc1ncc2c(n1)-c1ccccc1O[C@H]2N1CCCC1. The van der Waals surface area contributed by atoms with Gasteiger partial charge in [-0.15, -0.1) is 0 Å². The molecule has 108 valence electrons. The van der Waals surface area contributed by atoms with Gasteiger partial charge in [-0.05, 0) is 31.2 Å². The van der Waals surface area contributed by atoms with Crippen molar-refractivity contribution in [1.82, 2.24) is 14.9 Å². The molecular formula is C16H17N3OS. The fourth-order valence-electron chi connectivity index (χ4n) is 3.07. The minimum atomic E-state index is -0.0479. The third-order valence-electron chi connectivity index (χ3n) is 4.10. The molecule has 0 unspecified atom stereocenters. The Hall–Kier alpha value is -1.59. The Morgan fingerprint density at radius 1 is 1.24 bits per heavy atom. The zero-order valence-corrected chi connectivity index (χ0v) is 12.8. The van der Waals surface area contributed by atoms with Gasteiger partial charge in [0, 0.05) is 24.8 Å². The number of hydrogen-bond donors (Lipinski definition) is 0. The van der Waals surface area contributed by atoms with Gasteiger partial charge in [-0.3, -0.25) is 4.90 Å². The Morgan fingerprint density at radius 3 is 2.86 bits per heavy atom. The Kier molecular flexibility index (Phi) is 3.31. The van der Waals surface area contributed by atoms with E-state index < -0.39 is 0 Å². The lowest BCUT2D eigenvalue weighted by molar-refractivity contribution is 0.0391. The average molecular weight is 299 g/mol. The van der Waals surface area contributed by atoms with Crippen molar-refractivity contribution in [2.24, 2.45) is 0 Å². The van der Waals surface area contributed by atoms with Crippen LogP contribution in [0.1, 0.15) is 24.6 Å². The lowest BCUT2D eigenvalue weighted by Gasteiger charge is -2.33. The van der Waals surface area contributed by atoms with Gasteiger partial charge in [0.15, 0.2) is 11.4 Å². The molecule has 0 N–H and O–H groups in total. The van der Waals surface area contributed by atoms with Crippen LogP contribution in [0.2, 0.25) is 0 Å². The smallest absolute Gasteiger partial charge is 0.187 e. The van der Waals surface area contributed by atoms with Crippen LogP contribution in [0.25, 0.3) is 11.3 Å². The van der Waals surface area contributed by atoms with Crippen LogP contribution in [0.5, 0.6) is 5.75 Å². The first-order valence-electron chi connectivity index (χ1n) is 7.28. The topological polar surface area (TPSA) is 38.3 Å². The van der Waals surface area contributed by atoms with Crippen LogP contribution in [-0.2, 0) is 0 Å². The highest BCUT2D eigenvalue weighted by molar-refractivity contribution is 7.98. The third kappa shape index (κ3) is 2.21. The van der Waals surface area contributed by atoms with Gasteiger partial charge in [0.05, 0.1) is 11.3 Å². The van der Waals surface area contributed by atoms with E-state index in [1.165, 1.54) is 12.8 Å². The molecule has 0 spiro atoms. The molecule has 0 amide bonds. The van der Waals surface area contributed by atoms with Crippen LogP contribution < -0.4 is 4.74 Å². The minimum absolute atomic E-state index is 0.0479. The number of benzene rings is 1. The van der Waals surface area contributed by atoms with Gasteiger partial charge in [-0.2, -0.15) is 0 Å². The van der Waals surface area contributed by atoms with Gasteiger partial charge in [0.25, 0.3) is 0 Å². The summed E-state index contributed by atoms with van der Waals surface area (Å²) in [5.41, 5.74) is 3.18. The number of nitrogens with zero attached hydrogens (tertiary/aromatic N) is 3. The maximum atomic E-state index is 6.25. The molecule has 0 aliphatic carbocycles. The number of rotatable bonds is 2. The Balaban J connectivity index is 1.86. The van der Waals surface area contributed by atoms with Gasteiger partial charge in [-0.25, -0.2) is 9.97 Å². The highest BCUT2D eigenvalue weighted by Crippen LogP contribution is 2.43. The second kappa shape index (κ2) is 5.31. The maximum absolute atomic E-state index is 6.25. The number of para-hydroxylation sites is 1. The first kappa shape index (κ1) is 13.1.